The molecule has 0 aliphatic heterocycles. The third-order valence-electron chi connectivity index (χ3n) is 3.34. The zero-order valence-electron chi connectivity index (χ0n) is 14.6. The molecular weight excluding hydrogens is 306 g/mol. The molecule has 0 heterocycles. The Morgan fingerprint density at radius 1 is 1.04 bits per heavy atom. The summed E-state index contributed by atoms with van der Waals surface area (Å²) in [5.74, 6) is -1.06. The van der Waals surface area contributed by atoms with Crippen LogP contribution in [0.5, 0.6) is 0 Å². The Balaban J connectivity index is 2.43. The van der Waals surface area contributed by atoms with E-state index in [1.165, 1.54) is 0 Å². The van der Waals surface area contributed by atoms with E-state index >= 15 is 0 Å². The van der Waals surface area contributed by atoms with E-state index in [1.807, 2.05) is 51.1 Å². The number of benzene rings is 1. The molecule has 0 radical (unpaired) electrons. The molecule has 0 aromatic heterocycles. The summed E-state index contributed by atoms with van der Waals surface area (Å²) in [5, 5.41) is 5.42. The van der Waals surface area contributed by atoms with Gasteiger partial charge in [0, 0.05) is 18.4 Å². The number of carbonyl (C=O) groups excluding carboxylic acids is 3. The fraction of sp³-hybridized carbons (Fsp3) is 0.500. The second-order valence-electron chi connectivity index (χ2n) is 6.84. The van der Waals surface area contributed by atoms with Crippen LogP contribution in [0.1, 0.15) is 45.6 Å². The van der Waals surface area contributed by atoms with Gasteiger partial charge in [-0.15, -0.1) is 0 Å². The summed E-state index contributed by atoms with van der Waals surface area (Å²) >= 11 is 0. The topological polar surface area (TPSA) is 101 Å². The maximum Gasteiger partial charge on any atom is 0.240 e. The van der Waals surface area contributed by atoms with Crippen LogP contribution in [-0.4, -0.2) is 29.3 Å². The van der Waals surface area contributed by atoms with Crippen molar-refractivity contribution in [3.05, 3.63) is 35.9 Å². The van der Waals surface area contributed by atoms with Gasteiger partial charge < -0.3 is 16.4 Å². The first kappa shape index (κ1) is 19.7. The van der Waals surface area contributed by atoms with Crippen LogP contribution in [0.3, 0.4) is 0 Å². The lowest BCUT2D eigenvalue weighted by Crippen LogP contribution is -2.46. The number of aryl methyl sites for hydroxylation is 1. The number of amides is 3. The minimum Gasteiger partial charge on any atom is -0.368 e. The summed E-state index contributed by atoms with van der Waals surface area (Å²) < 4.78 is 0. The molecule has 6 heteroatoms. The van der Waals surface area contributed by atoms with Gasteiger partial charge >= 0.3 is 0 Å². The number of hydrogen-bond donors (Lipinski definition) is 3. The molecule has 3 amide bonds. The smallest absolute Gasteiger partial charge is 0.240 e. The third kappa shape index (κ3) is 8.31. The molecule has 6 nitrogen and oxygen atoms in total. The van der Waals surface area contributed by atoms with E-state index in [9.17, 15) is 14.4 Å². The Bertz CT molecular complexity index is 565. The quantitative estimate of drug-likeness (QED) is 0.668. The van der Waals surface area contributed by atoms with Crippen molar-refractivity contribution in [2.75, 3.05) is 0 Å². The number of rotatable bonds is 8. The predicted octanol–water partition coefficient (Wildman–Crippen LogP) is 1.28. The van der Waals surface area contributed by atoms with Crippen LogP contribution in [0.2, 0.25) is 0 Å². The zero-order valence-corrected chi connectivity index (χ0v) is 14.6. The molecule has 0 saturated carbocycles. The van der Waals surface area contributed by atoms with Crippen molar-refractivity contribution in [1.82, 2.24) is 10.6 Å². The zero-order chi connectivity index (χ0) is 18.2. The van der Waals surface area contributed by atoms with Gasteiger partial charge in [0.05, 0.1) is 0 Å². The van der Waals surface area contributed by atoms with Crippen LogP contribution in [-0.2, 0) is 20.8 Å². The molecular formula is C18H27N3O3. The van der Waals surface area contributed by atoms with Crippen LogP contribution in [0.15, 0.2) is 30.3 Å². The molecule has 1 atom stereocenters. The van der Waals surface area contributed by atoms with Crippen LogP contribution in [0.4, 0.5) is 0 Å². The summed E-state index contributed by atoms with van der Waals surface area (Å²) in [7, 11) is 0. The largest absolute Gasteiger partial charge is 0.368 e. The van der Waals surface area contributed by atoms with Crippen LogP contribution >= 0.6 is 0 Å². The van der Waals surface area contributed by atoms with Gasteiger partial charge in [0.2, 0.25) is 17.7 Å². The van der Waals surface area contributed by atoms with Gasteiger partial charge in [-0.05, 0) is 39.2 Å². The second kappa shape index (κ2) is 9.05. The summed E-state index contributed by atoms with van der Waals surface area (Å²) in [4.78, 5) is 35.3. The minimum atomic E-state index is -0.834. The number of nitrogens with two attached hydrogens (primary N) is 1. The molecule has 0 aliphatic rings. The number of carbonyl (C=O) groups is 3. The first-order chi connectivity index (χ1) is 11.2. The molecule has 0 spiro atoms. The summed E-state index contributed by atoms with van der Waals surface area (Å²) in [5.41, 5.74) is 6.03. The van der Waals surface area contributed by atoms with Crippen molar-refractivity contribution in [3.63, 3.8) is 0 Å². The predicted molar refractivity (Wildman–Crippen MR) is 93.0 cm³/mol. The molecule has 1 aromatic carbocycles. The molecule has 0 aliphatic carbocycles. The van der Waals surface area contributed by atoms with E-state index in [4.69, 9.17) is 5.73 Å². The van der Waals surface area contributed by atoms with Gasteiger partial charge in [-0.25, -0.2) is 0 Å². The van der Waals surface area contributed by atoms with Crippen molar-refractivity contribution < 1.29 is 14.4 Å². The second-order valence-corrected chi connectivity index (χ2v) is 6.84. The Hall–Kier alpha value is -2.37. The SMILES string of the molecule is CC(C)(C)NC(=O)CC[C@H](NC(=O)CCc1ccccc1)C(N)=O. The van der Waals surface area contributed by atoms with Gasteiger partial charge in [-0.2, -0.15) is 0 Å². The molecule has 1 aromatic rings. The average Bonchev–Trinajstić information content (AvgIpc) is 2.48. The van der Waals surface area contributed by atoms with Gasteiger partial charge in [0.25, 0.3) is 0 Å². The number of primary amides is 1. The van der Waals surface area contributed by atoms with Crippen LogP contribution < -0.4 is 16.4 Å². The van der Waals surface area contributed by atoms with Gasteiger partial charge in [0.15, 0.2) is 0 Å². The van der Waals surface area contributed by atoms with Crippen LogP contribution in [0, 0.1) is 0 Å². The minimum absolute atomic E-state index is 0.129. The van der Waals surface area contributed by atoms with E-state index in [0.29, 0.717) is 6.42 Å². The van der Waals surface area contributed by atoms with Crippen molar-refractivity contribution >= 4 is 17.7 Å². The standard InChI is InChI=1S/C18H27N3O3/c1-18(2,3)21-16(23)12-10-14(17(19)24)20-15(22)11-9-13-7-5-4-6-8-13/h4-8,14H,9-12H2,1-3H3,(H2,19,24)(H,20,22)(H,21,23)/t14-/m0/s1. The van der Waals surface area contributed by atoms with Crippen LogP contribution in [0.25, 0.3) is 0 Å². The molecule has 0 bridgehead atoms. The lowest BCUT2D eigenvalue weighted by molar-refractivity contribution is -0.128. The monoisotopic (exact) mass is 333 g/mol. The molecule has 4 N–H and O–H groups in total. The molecule has 1 rings (SSSR count). The fourth-order valence-corrected chi connectivity index (χ4v) is 2.21. The summed E-state index contributed by atoms with van der Waals surface area (Å²) in [6.45, 7) is 5.63. The maximum absolute atomic E-state index is 12.0. The highest BCUT2D eigenvalue weighted by atomic mass is 16.2. The Kier molecular flexibility index (Phi) is 7.42. The first-order valence-corrected chi connectivity index (χ1v) is 8.11. The van der Waals surface area contributed by atoms with E-state index < -0.39 is 11.9 Å². The Labute approximate surface area is 143 Å². The summed E-state index contributed by atoms with van der Waals surface area (Å²) in [6, 6.07) is 8.78. The van der Waals surface area contributed by atoms with Gasteiger partial charge in [-0.1, -0.05) is 30.3 Å². The fourth-order valence-electron chi connectivity index (χ4n) is 2.21. The van der Waals surface area contributed by atoms with Crippen molar-refractivity contribution in [1.29, 1.82) is 0 Å². The molecule has 24 heavy (non-hydrogen) atoms. The number of hydrogen-bond acceptors (Lipinski definition) is 3. The highest BCUT2D eigenvalue weighted by Gasteiger charge is 2.20. The van der Waals surface area contributed by atoms with Crippen molar-refractivity contribution in [3.8, 4) is 0 Å². The average molecular weight is 333 g/mol. The highest BCUT2D eigenvalue weighted by molar-refractivity contribution is 5.87. The van der Waals surface area contributed by atoms with Crippen molar-refractivity contribution in [2.24, 2.45) is 5.73 Å². The molecule has 0 fully saturated rings. The Morgan fingerprint density at radius 3 is 2.21 bits per heavy atom. The van der Waals surface area contributed by atoms with E-state index in [-0.39, 0.29) is 36.6 Å². The molecule has 0 unspecified atom stereocenters. The lowest BCUT2D eigenvalue weighted by atomic mass is 10.1. The lowest BCUT2D eigenvalue weighted by Gasteiger charge is -2.21. The normalized spacial score (nSPS) is 12.3. The van der Waals surface area contributed by atoms with E-state index in [1.54, 1.807) is 0 Å². The molecule has 0 saturated heterocycles. The van der Waals surface area contributed by atoms with E-state index in [0.717, 1.165) is 5.56 Å². The maximum atomic E-state index is 12.0. The third-order valence-corrected chi connectivity index (χ3v) is 3.34. The molecule has 132 valence electrons. The van der Waals surface area contributed by atoms with Gasteiger partial charge in [-0.3, -0.25) is 14.4 Å². The summed E-state index contributed by atoms with van der Waals surface area (Å²) in [6.07, 6.45) is 1.17. The van der Waals surface area contributed by atoms with Crippen molar-refractivity contribution in [2.45, 2.75) is 58.0 Å². The highest BCUT2D eigenvalue weighted by Crippen LogP contribution is 2.05. The Morgan fingerprint density at radius 2 is 1.67 bits per heavy atom. The van der Waals surface area contributed by atoms with Gasteiger partial charge in [0.1, 0.15) is 6.04 Å². The number of nitrogens with one attached hydrogen (secondary N) is 2. The first-order valence-electron chi connectivity index (χ1n) is 8.11. The van der Waals surface area contributed by atoms with E-state index in [2.05, 4.69) is 10.6 Å².